The van der Waals surface area contributed by atoms with E-state index in [9.17, 15) is 13.2 Å². The molecule has 1 rings (SSSR count). The van der Waals surface area contributed by atoms with E-state index in [0.717, 1.165) is 11.8 Å². The fourth-order valence-corrected chi connectivity index (χ4v) is 2.24. The molecule has 0 saturated carbocycles. The summed E-state index contributed by atoms with van der Waals surface area (Å²) in [4.78, 5) is 11.9. The van der Waals surface area contributed by atoms with Crippen LogP contribution in [0, 0.1) is 0 Å². The first-order valence-electron chi connectivity index (χ1n) is 6.41. The van der Waals surface area contributed by atoms with Crippen LogP contribution in [0.2, 0.25) is 0 Å². The summed E-state index contributed by atoms with van der Waals surface area (Å²) < 4.78 is 33.2. The summed E-state index contributed by atoms with van der Waals surface area (Å²) in [5.74, 6) is 0.663. The first-order valence-corrected chi connectivity index (χ1v) is 8.37. The molecule has 1 amide bonds. The van der Waals surface area contributed by atoms with Crippen molar-refractivity contribution in [1.82, 2.24) is 5.32 Å². The van der Waals surface area contributed by atoms with Gasteiger partial charge < -0.3 is 14.8 Å². The molecule has 2 atom stereocenters. The van der Waals surface area contributed by atoms with E-state index < -0.39 is 21.0 Å². The van der Waals surface area contributed by atoms with Crippen LogP contribution in [0.15, 0.2) is 18.2 Å². The standard InChI is InChI=1S/C14H21NO5S/c1-9(15-14(16)10(2)21(5,17)18)12-7-6-11(19-3)8-13(12)20-4/h6-10H,1-5H3,(H,15,16)/t9-,10+/m1/s1. The Balaban J connectivity index is 2.94. The number of carbonyl (C=O) groups excluding carboxylic acids is 1. The Kier molecular flexibility index (Phi) is 5.60. The third kappa shape index (κ3) is 4.35. The van der Waals surface area contributed by atoms with E-state index in [1.165, 1.54) is 14.0 Å². The van der Waals surface area contributed by atoms with Gasteiger partial charge in [-0.3, -0.25) is 4.79 Å². The molecule has 0 spiro atoms. The average Bonchev–Trinajstić information content (AvgIpc) is 2.44. The van der Waals surface area contributed by atoms with Gasteiger partial charge in [0.05, 0.1) is 20.3 Å². The maximum absolute atomic E-state index is 11.9. The molecule has 118 valence electrons. The van der Waals surface area contributed by atoms with Crippen LogP contribution in [0.4, 0.5) is 0 Å². The molecule has 0 heterocycles. The molecule has 7 heteroatoms. The largest absolute Gasteiger partial charge is 0.497 e. The van der Waals surface area contributed by atoms with Crippen LogP contribution in [0.5, 0.6) is 11.5 Å². The predicted octanol–water partition coefficient (Wildman–Crippen LogP) is 1.31. The number of benzene rings is 1. The number of carbonyl (C=O) groups is 1. The van der Waals surface area contributed by atoms with E-state index in [2.05, 4.69) is 5.32 Å². The van der Waals surface area contributed by atoms with E-state index in [1.54, 1.807) is 32.2 Å². The molecule has 0 saturated heterocycles. The zero-order valence-electron chi connectivity index (χ0n) is 12.8. The third-order valence-corrected chi connectivity index (χ3v) is 4.78. The molecule has 21 heavy (non-hydrogen) atoms. The lowest BCUT2D eigenvalue weighted by Gasteiger charge is -2.19. The molecule has 0 unspecified atom stereocenters. The van der Waals surface area contributed by atoms with Crippen molar-refractivity contribution in [1.29, 1.82) is 0 Å². The fourth-order valence-electron chi connectivity index (χ4n) is 1.78. The van der Waals surface area contributed by atoms with Crippen molar-refractivity contribution in [3.63, 3.8) is 0 Å². The number of hydrogen-bond acceptors (Lipinski definition) is 5. The Labute approximate surface area is 125 Å². The second-order valence-corrected chi connectivity index (χ2v) is 7.18. The lowest BCUT2D eigenvalue weighted by atomic mass is 10.1. The number of methoxy groups -OCH3 is 2. The van der Waals surface area contributed by atoms with Crippen LogP contribution in [-0.4, -0.2) is 40.1 Å². The Morgan fingerprint density at radius 2 is 1.81 bits per heavy atom. The summed E-state index contributed by atoms with van der Waals surface area (Å²) in [5, 5.41) is 1.58. The summed E-state index contributed by atoms with van der Waals surface area (Å²) in [6.45, 7) is 3.12. The third-order valence-electron chi connectivity index (χ3n) is 3.28. The Bertz CT molecular complexity index is 612. The van der Waals surface area contributed by atoms with Crippen molar-refractivity contribution < 1.29 is 22.7 Å². The number of amides is 1. The quantitative estimate of drug-likeness (QED) is 0.856. The van der Waals surface area contributed by atoms with Gasteiger partial charge in [0, 0.05) is 17.9 Å². The number of hydrogen-bond donors (Lipinski definition) is 1. The molecular formula is C14H21NO5S. The van der Waals surface area contributed by atoms with Crippen molar-refractivity contribution >= 4 is 15.7 Å². The molecular weight excluding hydrogens is 294 g/mol. The maximum atomic E-state index is 11.9. The molecule has 6 nitrogen and oxygen atoms in total. The summed E-state index contributed by atoms with van der Waals surface area (Å²) in [6.07, 6.45) is 1.04. The topological polar surface area (TPSA) is 81.7 Å². The normalized spacial score (nSPS) is 14.1. The lowest BCUT2D eigenvalue weighted by molar-refractivity contribution is -0.121. The minimum absolute atomic E-state index is 0.387. The first-order chi connectivity index (χ1) is 9.70. The van der Waals surface area contributed by atoms with Crippen molar-refractivity contribution in [2.75, 3.05) is 20.5 Å². The minimum Gasteiger partial charge on any atom is -0.497 e. The molecule has 0 aliphatic heterocycles. The van der Waals surface area contributed by atoms with Crippen molar-refractivity contribution in [2.24, 2.45) is 0 Å². The molecule has 0 bridgehead atoms. The first kappa shape index (κ1) is 17.3. The van der Waals surface area contributed by atoms with E-state index >= 15 is 0 Å². The van der Waals surface area contributed by atoms with Crippen LogP contribution < -0.4 is 14.8 Å². The molecule has 0 fully saturated rings. The van der Waals surface area contributed by atoms with Gasteiger partial charge in [-0.2, -0.15) is 0 Å². The Morgan fingerprint density at radius 1 is 1.19 bits per heavy atom. The van der Waals surface area contributed by atoms with Crippen molar-refractivity contribution in [3.05, 3.63) is 23.8 Å². The molecule has 0 aromatic heterocycles. The number of sulfone groups is 1. The highest BCUT2D eigenvalue weighted by atomic mass is 32.2. The molecule has 0 aliphatic carbocycles. The summed E-state index contributed by atoms with van der Waals surface area (Å²) in [5.41, 5.74) is 0.743. The molecule has 1 aromatic carbocycles. The van der Waals surface area contributed by atoms with Gasteiger partial charge in [-0.15, -0.1) is 0 Å². The highest BCUT2D eigenvalue weighted by Gasteiger charge is 2.25. The van der Waals surface area contributed by atoms with Crippen molar-refractivity contribution in [3.8, 4) is 11.5 Å². The van der Waals surface area contributed by atoms with Crippen molar-refractivity contribution in [2.45, 2.75) is 25.1 Å². The lowest BCUT2D eigenvalue weighted by Crippen LogP contribution is -2.38. The summed E-state index contributed by atoms with van der Waals surface area (Å²) in [7, 11) is -0.351. The average molecular weight is 315 g/mol. The molecule has 1 N–H and O–H groups in total. The van der Waals surface area contributed by atoms with Gasteiger partial charge in [0.15, 0.2) is 9.84 Å². The molecule has 0 aliphatic rings. The van der Waals surface area contributed by atoms with Gasteiger partial charge in [0.1, 0.15) is 16.7 Å². The van der Waals surface area contributed by atoms with E-state index in [0.29, 0.717) is 11.5 Å². The van der Waals surface area contributed by atoms with Crippen LogP contribution >= 0.6 is 0 Å². The second kappa shape index (κ2) is 6.80. The summed E-state index contributed by atoms with van der Waals surface area (Å²) in [6, 6.07) is 4.84. The Hall–Kier alpha value is -1.76. The minimum atomic E-state index is -3.42. The number of rotatable bonds is 6. The van der Waals surface area contributed by atoms with E-state index in [1.807, 2.05) is 0 Å². The molecule has 0 radical (unpaired) electrons. The molecule has 1 aromatic rings. The van der Waals surface area contributed by atoms with Gasteiger partial charge in [0.25, 0.3) is 0 Å². The van der Waals surface area contributed by atoms with Crippen LogP contribution in [0.25, 0.3) is 0 Å². The smallest absolute Gasteiger partial charge is 0.238 e. The monoisotopic (exact) mass is 315 g/mol. The Morgan fingerprint density at radius 3 is 2.29 bits per heavy atom. The van der Waals surface area contributed by atoms with Gasteiger partial charge >= 0.3 is 0 Å². The predicted molar refractivity (Wildman–Crippen MR) is 80.4 cm³/mol. The van der Waals surface area contributed by atoms with Crippen LogP contribution in [0.1, 0.15) is 25.5 Å². The number of nitrogens with one attached hydrogen (secondary N) is 1. The van der Waals surface area contributed by atoms with Crippen LogP contribution in [-0.2, 0) is 14.6 Å². The highest BCUT2D eigenvalue weighted by molar-refractivity contribution is 7.92. The van der Waals surface area contributed by atoms with Gasteiger partial charge in [0.2, 0.25) is 5.91 Å². The zero-order chi connectivity index (χ0) is 16.2. The second-order valence-electron chi connectivity index (χ2n) is 4.81. The number of ether oxygens (including phenoxy) is 2. The summed E-state index contributed by atoms with van der Waals surface area (Å²) >= 11 is 0. The van der Waals surface area contributed by atoms with E-state index in [-0.39, 0.29) is 6.04 Å². The van der Waals surface area contributed by atoms with Gasteiger partial charge in [-0.05, 0) is 26.0 Å². The zero-order valence-corrected chi connectivity index (χ0v) is 13.7. The maximum Gasteiger partial charge on any atom is 0.238 e. The van der Waals surface area contributed by atoms with E-state index in [4.69, 9.17) is 9.47 Å². The van der Waals surface area contributed by atoms with Crippen LogP contribution in [0.3, 0.4) is 0 Å². The van der Waals surface area contributed by atoms with Gasteiger partial charge in [-0.25, -0.2) is 8.42 Å². The fraction of sp³-hybridized carbons (Fsp3) is 0.500. The highest BCUT2D eigenvalue weighted by Crippen LogP contribution is 2.29. The van der Waals surface area contributed by atoms with Gasteiger partial charge in [-0.1, -0.05) is 0 Å². The SMILES string of the molecule is COc1ccc([C@@H](C)NC(=O)[C@H](C)S(C)(=O)=O)c(OC)c1.